The zero-order valence-corrected chi connectivity index (χ0v) is 10.0. The van der Waals surface area contributed by atoms with Crippen LogP contribution in [0.2, 0.25) is 0 Å². The lowest BCUT2D eigenvalue weighted by molar-refractivity contribution is 0.289. The maximum Gasteiger partial charge on any atom is 0.165 e. The number of aryl methyl sites for hydroxylation is 2. The third-order valence-corrected chi connectivity index (χ3v) is 2.72. The number of halogens is 1. The first-order valence-electron chi connectivity index (χ1n) is 5.60. The van der Waals surface area contributed by atoms with Crippen LogP contribution >= 0.6 is 0 Å². The average Bonchev–Trinajstić information content (AvgIpc) is 2.32. The van der Waals surface area contributed by atoms with Crippen LogP contribution in [0.3, 0.4) is 0 Å². The van der Waals surface area contributed by atoms with Crippen LogP contribution in [0.15, 0.2) is 42.5 Å². The highest BCUT2D eigenvalue weighted by atomic mass is 19.1. The molecular weight excluding hydrogens is 215 g/mol. The van der Waals surface area contributed by atoms with Gasteiger partial charge in [0, 0.05) is 0 Å². The van der Waals surface area contributed by atoms with Gasteiger partial charge < -0.3 is 4.74 Å². The summed E-state index contributed by atoms with van der Waals surface area (Å²) in [5.74, 6) is -0.0220. The molecule has 2 rings (SSSR count). The highest BCUT2D eigenvalue weighted by molar-refractivity contribution is 5.31. The monoisotopic (exact) mass is 230 g/mol. The number of para-hydroxylation sites is 1. The summed E-state index contributed by atoms with van der Waals surface area (Å²) in [5, 5.41) is 0. The van der Waals surface area contributed by atoms with E-state index < -0.39 is 0 Å². The molecule has 0 spiro atoms. The van der Waals surface area contributed by atoms with Crippen molar-refractivity contribution in [1.29, 1.82) is 0 Å². The second-order valence-corrected chi connectivity index (χ2v) is 4.15. The van der Waals surface area contributed by atoms with Gasteiger partial charge in [-0.15, -0.1) is 0 Å². The molecule has 0 bridgehead atoms. The SMILES string of the molecule is Cc1ccc(C)c(COc2ccccc2F)c1. The van der Waals surface area contributed by atoms with Gasteiger partial charge in [-0.1, -0.05) is 35.9 Å². The normalized spacial score (nSPS) is 10.3. The lowest BCUT2D eigenvalue weighted by Gasteiger charge is -2.10. The molecule has 0 aliphatic rings. The lowest BCUT2D eigenvalue weighted by Crippen LogP contribution is -1.99. The molecule has 0 heterocycles. The Morgan fingerprint density at radius 1 is 1.06 bits per heavy atom. The van der Waals surface area contributed by atoms with E-state index in [1.165, 1.54) is 11.6 Å². The van der Waals surface area contributed by atoms with Gasteiger partial charge in [0.05, 0.1) is 0 Å². The van der Waals surface area contributed by atoms with E-state index in [9.17, 15) is 4.39 Å². The second kappa shape index (κ2) is 5.00. The van der Waals surface area contributed by atoms with Gasteiger partial charge in [-0.05, 0) is 37.1 Å². The van der Waals surface area contributed by atoms with E-state index in [-0.39, 0.29) is 5.82 Å². The Balaban J connectivity index is 2.12. The Labute approximate surface area is 101 Å². The molecule has 0 aliphatic carbocycles. The fourth-order valence-electron chi connectivity index (χ4n) is 1.67. The molecule has 0 amide bonds. The molecule has 2 aromatic rings. The van der Waals surface area contributed by atoms with E-state index in [0.29, 0.717) is 12.4 Å². The highest BCUT2D eigenvalue weighted by Gasteiger charge is 2.03. The lowest BCUT2D eigenvalue weighted by atomic mass is 10.1. The zero-order valence-electron chi connectivity index (χ0n) is 10.0. The molecular formula is C15H15FO. The fraction of sp³-hybridized carbons (Fsp3) is 0.200. The van der Waals surface area contributed by atoms with E-state index >= 15 is 0 Å². The molecule has 0 radical (unpaired) electrons. The Bertz CT molecular complexity index is 520. The van der Waals surface area contributed by atoms with Gasteiger partial charge >= 0.3 is 0 Å². The summed E-state index contributed by atoms with van der Waals surface area (Å²) in [6, 6.07) is 12.6. The minimum absolute atomic E-state index is 0.299. The summed E-state index contributed by atoms with van der Waals surface area (Å²) in [6.45, 7) is 4.46. The molecule has 0 saturated carbocycles. The quantitative estimate of drug-likeness (QED) is 0.773. The molecule has 2 aromatic carbocycles. The minimum Gasteiger partial charge on any atom is -0.486 e. The van der Waals surface area contributed by atoms with Crippen LogP contribution in [0.25, 0.3) is 0 Å². The highest BCUT2D eigenvalue weighted by Crippen LogP contribution is 2.18. The fourth-order valence-corrected chi connectivity index (χ4v) is 1.67. The molecule has 0 aromatic heterocycles. The Morgan fingerprint density at radius 2 is 1.82 bits per heavy atom. The van der Waals surface area contributed by atoms with Gasteiger partial charge in [-0.3, -0.25) is 0 Å². The Hall–Kier alpha value is -1.83. The summed E-state index contributed by atoms with van der Waals surface area (Å²) in [5.41, 5.74) is 3.43. The molecule has 0 fully saturated rings. The molecule has 88 valence electrons. The number of hydrogen-bond donors (Lipinski definition) is 0. The summed E-state index contributed by atoms with van der Waals surface area (Å²) in [7, 11) is 0. The van der Waals surface area contributed by atoms with Gasteiger partial charge in [0.25, 0.3) is 0 Å². The molecule has 0 aliphatic heterocycles. The van der Waals surface area contributed by atoms with Crippen LogP contribution in [0, 0.1) is 19.7 Å². The van der Waals surface area contributed by atoms with Gasteiger partial charge in [0.1, 0.15) is 6.61 Å². The first kappa shape index (κ1) is 11.6. The predicted octanol–water partition coefficient (Wildman–Crippen LogP) is 4.02. The summed E-state index contributed by atoms with van der Waals surface area (Å²) < 4.78 is 18.8. The van der Waals surface area contributed by atoms with E-state index in [0.717, 1.165) is 11.1 Å². The average molecular weight is 230 g/mol. The third kappa shape index (κ3) is 2.84. The first-order valence-corrected chi connectivity index (χ1v) is 5.60. The van der Waals surface area contributed by atoms with Gasteiger partial charge in [0.15, 0.2) is 11.6 Å². The maximum absolute atomic E-state index is 13.3. The number of ether oxygens (including phenoxy) is 1. The van der Waals surface area contributed by atoms with E-state index in [1.807, 2.05) is 13.8 Å². The second-order valence-electron chi connectivity index (χ2n) is 4.15. The summed E-state index contributed by atoms with van der Waals surface area (Å²) in [6.07, 6.45) is 0. The van der Waals surface area contributed by atoms with Crippen LogP contribution in [-0.2, 0) is 6.61 Å². The molecule has 1 nitrogen and oxygen atoms in total. The predicted molar refractivity (Wildman–Crippen MR) is 66.6 cm³/mol. The van der Waals surface area contributed by atoms with Crippen LogP contribution in [0.5, 0.6) is 5.75 Å². The van der Waals surface area contributed by atoms with Crippen LogP contribution < -0.4 is 4.74 Å². The topological polar surface area (TPSA) is 9.23 Å². The molecule has 2 heteroatoms. The van der Waals surface area contributed by atoms with Crippen molar-refractivity contribution in [2.24, 2.45) is 0 Å². The summed E-state index contributed by atoms with van der Waals surface area (Å²) >= 11 is 0. The molecule has 0 atom stereocenters. The van der Waals surface area contributed by atoms with Crippen molar-refractivity contribution in [1.82, 2.24) is 0 Å². The van der Waals surface area contributed by atoms with Crippen molar-refractivity contribution in [3.05, 3.63) is 65.0 Å². The van der Waals surface area contributed by atoms with Gasteiger partial charge in [-0.2, -0.15) is 0 Å². The van der Waals surface area contributed by atoms with E-state index in [1.54, 1.807) is 18.2 Å². The van der Waals surface area contributed by atoms with Gasteiger partial charge in [-0.25, -0.2) is 4.39 Å². The van der Waals surface area contributed by atoms with Crippen LogP contribution in [0.4, 0.5) is 4.39 Å². The largest absolute Gasteiger partial charge is 0.486 e. The van der Waals surface area contributed by atoms with Crippen molar-refractivity contribution in [3.63, 3.8) is 0 Å². The van der Waals surface area contributed by atoms with Crippen molar-refractivity contribution >= 4 is 0 Å². The van der Waals surface area contributed by atoms with E-state index in [4.69, 9.17) is 4.74 Å². The van der Waals surface area contributed by atoms with Gasteiger partial charge in [0.2, 0.25) is 0 Å². The zero-order chi connectivity index (χ0) is 12.3. The number of rotatable bonds is 3. The molecule has 0 N–H and O–H groups in total. The first-order chi connectivity index (χ1) is 8.16. The molecule has 0 saturated heterocycles. The van der Waals surface area contributed by atoms with Crippen molar-refractivity contribution in [2.45, 2.75) is 20.5 Å². The number of hydrogen-bond acceptors (Lipinski definition) is 1. The number of benzene rings is 2. The third-order valence-electron chi connectivity index (χ3n) is 2.72. The summed E-state index contributed by atoms with van der Waals surface area (Å²) in [4.78, 5) is 0. The van der Waals surface area contributed by atoms with Crippen LogP contribution in [0.1, 0.15) is 16.7 Å². The maximum atomic E-state index is 13.3. The van der Waals surface area contributed by atoms with Crippen molar-refractivity contribution in [2.75, 3.05) is 0 Å². The minimum atomic E-state index is -0.321. The van der Waals surface area contributed by atoms with Crippen molar-refractivity contribution in [3.8, 4) is 5.75 Å². The Morgan fingerprint density at radius 3 is 2.59 bits per heavy atom. The smallest absolute Gasteiger partial charge is 0.165 e. The van der Waals surface area contributed by atoms with Crippen molar-refractivity contribution < 1.29 is 9.13 Å². The Kier molecular flexibility index (Phi) is 3.43. The van der Waals surface area contributed by atoms with E-state index in [2.05, 4.69) is 18.2 Å². The molecule has 17 heavy (non-hydrogen) atoms. The molecule has 0 unspecified atom stereocenters. The van der Waals surface area contributed by atoms with Crippen LogP contribution in [-0.4, -0.2) is 0 Å². The standard InChI is InChI=1S/C15H15FO/c1-11-7-8-12(2)13(9-11)10-17-15-6-4-3-5-14(15)16/h3-9H,10H2,1-2H3.